The molecule has 0 saturated carbocycles. The van der Waals surface area contributed by atoms with Crippen LogP contribution in [0.5, 0.6) is 0 Å². The van der Waals surface area contributed by atoms with E-state index in [4.69, 9.17) is 23.7 Å². The van der Waals surface area contributed by atoms with E-state index < -0.39 is 53.7 Å². The molecule has 5 atom stereocenters. The predicted octanol–water partition coefficient (Wildman–Crippen LogP) is 0.0535. The van der Waals surface area contributed by atoms with Crippen LogP contribution < -0.4 is 0 Å². The molecule has 1 aliphatic heterocycles. The maximum atomic E-state index is 11.5. The average Bonchev–Trinajstić information content (AvgIpc) is 2.54. The van der Waals surface area contributed by atoms with E-state index in [9.17, 15) is 24.0 Å². The second kappa shape index (κ2) is 10.7. The number of isocyanates is 1. The van der Waals surface area contributed by atoms with E-state index in [-0.39, 0.29) is 6.61 Å². The van der Waals surface area contributed by atoms with Crippen LogP contribution in [0, 0.1) is 0 Å². The number of hydrogen-bond donors (Lipinski definition) is 0. The van der Waals surface area contributed by atoms with Crippen LogP contribution >= 0.6 is 11.9 Å². The molecule has 0 N–H and O–H groups in total. The number of carbonyl (C=O) groups is 4. The monoisotopic (exact) mass is 405 g/mol. The Bertz CT molecular complexity index is 632. The van der Waals surface area contributed by atoms with Crippen molar-refractivity contribution in [2.24, 2.45) is 4.40 Å². The minimum Gasteiger partial charge on any atom is -0.463 e. The summed E-state index contributed by atoms with van der Waals surface area (Å²) in [5, 5.41) is 0. The van der Waals surface area contributed by atoms with Crippen molar-refractivity contribution in [2.75, 3.05) is 6.61 Å². The first-order valence-corrected chi connectivity index (χ1v) is 8.52. The number of ether oxygens (including phenoxy) is 5. The minimum absolute atomic E-state index is 0.348. The number of carbonyl (C=O) groups excluding carboxylic acids is 5. The average molecular weight is 405 g/mol. The normalized spacial score (nSPS) is 26.9. The van der Waals surface area contributed by atoms with Gasteiger partial charge in [-0.15, -0.1) is 4.40 Å². The zero-order chi connectivity index (χ0) is 20.6. The fourth-order valence-electron chi connectivity index (χ4n) is 2.35. The van der Waals surface area contributed by atoms with Crippen molar-refractivity contribution in [3.8, 4) is 0 Å². The fourth-order valence-corrected chi connectivity index (χ4v) is 3.02. The van der Waals surface area contributed by atoms with Gasteiger partial charge in [-0.2, -0.15) is 0 Å². The first kappa shape index (κ1) is 22.6. The van der Waals surface area contributed by atoms with Crippen LogP contribution in [0.25, 0.3) is 0 Å². The summed E-state index contributed by atoms with van der Waals surface area (Å²) in [6.45, 7) is 4.16. The van der Waals surface area contributed by atoms with E-state index in [1.54, 1.807) is 0 Å². The molecule has 150 valence electrons. The summed E-state index contributed by atoms with van der Waals surface area (Å²) in [6.07, 6.45) is -3.57. The minimum atomic E-state index is -1.29. The van der Waals surface area contributed by atoms with Gasteiger partial charge in [0.05, 0.1) is 0 Å². The lowest BCUT2D eigenvalue weighted by atomic mass is 9.99. The lowest BCUT2D eigenvalue weighted by Gasteiger charge is -2.43. The van der Waals surface area contributed by atoms with Crippen molar-refractivity contribution in [1.29, 1.82) is 0 Å². The van der Waals surface area contributed by atoms with Gasteiger partial charge in [-0.1, -0.05) is 0 Å². The zero-order valence-electron chi connectivity index (χ0n) is 15.0. The quantitative estimate of drug-likeness (QED) is 0.186. The van der Waals surface area contributed by atoms with Crippen LogP contribution in [-0.2, 0) is 47.7 Å². The van der Waals surface area contributed by atoms with Crippen LogP contribution in [0.1, 0.15) is 27.7 Å². The van der Waals surface area contributed by atoms with Gasteiger partial charge < -0.3 is 23.7 Å². The standard InChI is InChI=1S/C15H19NO10S/c1-7(18)22-5-11-12(23-8(2)19)13(24-9(3)20)14(25-10(4)21)15(26-11)27-16-6-17/h11-15H,5H2,1-4H3/t11-,12-,13+,14-,15+/m1/s1. The number of esters is 4. The Morgan fingerprint density at radius 2 is 1.41 bits per heavy atom. The molecule has 0 aromatic carbocycles. The van der Waals surface area contributed by atoms with Gasteiger partial charge in [0.2, 0.25) is 6.08 Å². The lowest BCUT2D eigenvalue weighted by Crippen LogP contribution is -2.61. The Hall–Kier alpha value is -2.43. The molecule has 0 aliphatic carbocycles. The molecule has 11 nitrogen and oxygen atoms in total. The topological polar surface area (TPSA) is 144 Å². The van der Waals surface area contributed by atoms with Crippen LogP contribution in [0.3, 0.4) is 0 Å². The molecule has 0 radical (unpaired) electrons. The largest absolute Gasteiger partial charge is 0.463 e. The second-order valence-corrected chi connectivity index (χ2v) is 6.21. The van der Waals surface area contributed by atoms with Gasteiger partial charge in [0.25, 0.3) is 0 Å². The maximum Gasteiger partial charge on any atom is 0.303 e. The van der Waals surface area contributed by atoms with Crippen LogP contribution in [0.15, 0.2) is 4.40 Å². The Balaban J connectivity index is 3.28. The number of hydrogen-bond acceptors (Lipinski definition) is 12. The SMILES string of the molecule is CC(=O)OC[C@H]1O[C@@H](SN=C=O)[C@H](OC(C)=O)[C@@H](OC(C)=O)[C@@H]1OC(C)=O. The molecule has 1 heterocycles. The molecule has 1 saturated heterocycles. The third kappa shape index (κ3) is 7.37. The highest BCUT2D eigenvalue weighted by atomic mass is 32.2. The molecule has 1 fully saturated rings. The zero-order valence-corrected chi connectivity index (χ0v) is 15.8. The van der Waals surface area contributed by atoms with E-state index >= 15 is 0 Å². The van der Waals surface area contributed by atoms with Crippen LogP contribution in [-0.4, -0.2) is 66.4 Å². The molecule has 0 aromatic heterocycles. The van der Waals surface area contributed by atoms with Gasteiger partial charge in [-0.05, 0) is 0 Å². The van der Waals surface area contributed by atoms with E-state index in [0.717, 1.165) is 27.7 Å². The first-order chi connectivity index (χ1) is 12.6. The highest BCUT2D eigenvalue weighted by molar-refractivity contribution is 7.98. The van der Waals surface area contributed by atoms with Gasteiger partial charge in [0, 0.05) is 39.6 Å². The number of nitrogens with zero attached hydrogens (tertiary/aromatic N) is 1. The van der Waals surface area contributed by atoms with E-state index in [1.807, 2.05) is 0 Å². The van der Waals surface area contributed by atoms with E-state index in [1.165, 1.54) is 6.08 Å². The third-order valence-electron chi connectivity index (χ3n) is 3.14. The van der Waals surface area contributed by atoms with Crippen LogP contribution in [0.4, 0.5) is 0 Å². The highest BCUT2D eigenvalue weighted by Gasteiger charge is 2.52. The van der Waals surface area contributed by atoms with Crippen molar-refractivity contribution >= 4 is 41.9 Å². The first-order valence-electron chi connectivity index (χ1n) is 7.69. The molecular weight excluding hydrogens is 386 g/mol. The summed E-state index contributed by atoms with van der Waals surface area (Å²) in [4.78, 5) is 56.1. The highest BCUT2D eigenvalue weighted by Crippen LogP contribution is 2.34. The Morgan fingerprint density at radius 1 is 0.889 bits per heavy atom. The fraction of sp³-hybridized carbons (Fsp3) is 0.667. The van der Waals surface area contributed by atoms with Gasteiger partial charge in [0.15, 0.2) is 23.7 Å². The van der Waals surface area contributed by atoms with Crippen LogP contribution in [0.2, 0.25) is 0 Å². The molecule has 1 aliphatic rings. The molecule has 0 bridgehead atoms. The van der Waals surface area contributed by atoms with Crippen molar-refractivity contribution in [3.63, 3.8) is 0 Å². The Labute approximate surface area is 158 Å². The summed E-state index contributed by atoms with van der Waals surface area (Å²) in [7, 11) is 0. The molecule has 0 spiro atoms. The van der Waals surface area contributed by atoms with E-state index in [2.05, 4.69) is 4.40 Å². The van der Waals surface area contributed by atoms with Gasteiger partial charge in [-0.3, -0.25) is 19.2 Å². The van der Waals surface area contributed by atoms with E-state index in [0.29, 0.717) is 11.9 Å². The Kier molecular flexibility index (Phi) is 8.92. The van der Waals surface area contributed by atoms with Gasteiger partial charge in [0.1, 0.15) is 12.7 Å². The smallest absolute Gasteiger partial charge is 0.303 e. The molecule has 0 aromatic rings. The summed E-state index contributed by atoms with van der Waals surface area (Å²) >= 11 is 0.567. The summed E-state index contributed by atoms with van der Waals surface area (Å²) in [5.74, 6) is -2.83. The predicted molar refractivity (Wildman–Crippen MR) is 87.7 cm³/mol. The van der Waals surface area contributed by atoms with Gasteiger partial charge in [-0.25, -0.2) is 4.79 Å². The Morgan fingerprint density at radius 3 is 1.89 bits per heavy atom. The molecule has 27 heavy (non-hydrogen) atoms. The second-order valence-electron chi connectivity index (χ2n) is 5.36. The summed E-state index contributed by atoms with van der Waals surface area (Å²) in [6, 6.07) is 0. The summed E-state index contributed by atoms with van der Waals surface area (Å²) < 4.78 is 29.4. The number of rotatable bonds is 7. The van der Waals surface area contributed by atoms with Crippen molar-refractivity contribution < 1.29 is 47.7 Å². The third-order valence-corrected chi connectivity index (χ3v) is 3.91. The molecule has 1 rings (SSSR count). The molecular formula is C15H19NO10S. The maximum absolute atomic E-state index is 11.5. The molecule has 0 amide bonds. The van der Waals surface area contributed by atoms with Crippen molar-refractivity contribution in [1.82, 2.24) is 0 Å². The van der Waals surface area contributed by atoms with Gasteiger partial charge >= 0.3 is 23.9 Å². The lowest BCUT2D eigenvalue weighted by molar-refractivity contribution is -0.237. The molecule has 0 unspecified atom stereocenters. The molecule has 12 heteroatoms. The van der Waals surface area contributed by atoms with Crippen molar-refractivity contribution in [2.45, 2.75) is 57.5 Å². The summed E-state index contributed by atoms with van der Waals surface area (Å²) in [5.41, 5.74) is -1.12. The van der Waals surface area contributed by atoms with Crippen molar-refractivity contribution in [3.05, 3.63) is 0 Å².